The van der Waals surface area contributed by atoms with Crippen LogP contribution in [-0.4, -0.2) is 14.5 Å². The van der Waals surface area contributed by atoms with Gasteiger partial charge in [0.2, 0.25) is 0 Å². The summed E-state index contributed by atoms with van der Waals surface area (Å²) >= 11 is 0. The van der Waals surface area contributed by atoms with Crippen molar-refractivity contribution in [2.24, 2.45) is 0 Å². The van der Waals surface area contributed by atoms with Crippen molar-refractivity contribution >= 4 is 17.0 Å². The Labute approximate surface area is 294 Å². The third kappa shape index (κ3) is 5.24. The molecule has 0 bridgehead atoms. The van der Waals surface area contributed by atoms with Crippen LogP contribution in [0.4, 0.5) is 0 Å². The third-order valence-electron chi connectivity index (χ3n) is 9.67. The maximum atomic E-state index is 5.56. The highest BCUT2D eigenvalue weighted by Crippen LogP contribution is 2.56. The normalized spacial score (nSPS) is 15.3. The maximum Gasteiger partial charge on any atom is 0.160 e. The van der Waals surface area contributed by atoms with Gasteiger partial charge in [-0.25, -0.2) is 9.97 Å². The van der Waals surface area contributed by atoms with E-state index in [9.17, 15) is 0 Å². The van der Waals surface area contributed by atoms with Crippen LogP contribution in [-0.2, 0) is 5.41 Å². The Morgan fingerprint density at radius 2 is 1.42 bits per heavy atom. The predicted molar refractivity (Wildman–Crippen MR) is 209 cm³/mol. The van der Waals surface area contributed by atoms with Crippen LogP contribution < -0.4 is 0 Å². The van der Waals surface area contributed by atoms with Gasteiger partial charge in [-0.05, 0) is 72.5 Å². The number of hydrogen-bond acceptors (Lipinski definition) is 2. The van der Waals surface area contributed by atoms with E-state index in [0.717, 1.165) is 51.4 Å². The van der Waals surface area contributed by atoms with Gasteiger partial charge < -0.3 is 4.57 Å². The molecule has 2 heterocycles. The minimum atomic E-state index is -0.497. The van der Waals surface area contributed by atoms with Crippen LogP contribution in [0.2, 0.25) is 0 Å². The average molecular weight is 644 g/mol. The number of nitrogens with zero attached hydrogens (tertiary/aromatic N) is 3. The van der Waals surface area contributed by atoms with Gasteiger partial charge >= 0.3 is 0 Å². The van der Waals surface area contributed by atoms with Gasteiger partial charge in [-0.1, -0.05) is 146 Å². The van der Waals surface area contributed by atoms with Gasteiger partial charge in [0.1, 0.15) is 0 Å². The van der Waals surface area contributed by atoms with Gasteiger partial charge in [0.05, 0.1) is 22.3 Å². The van der Waals surface area contributed by atoms with Crippen LogP contribution in [0, 0.1) is 0 Å². The van der Waals surface area contributed by atoms with E-state index in [1.165, 1.54) is 22.1 Å². The van der Waals surface area contributed by atoms with E-state index in [-0.39, 0.29) is 0 Å². The van der Waals surface area contributed by atoms with E-state index in [1.807, 2.05) is 19.1 Å². The Kier molecular flexibility index (Phi) is 8.24. The summed E-state index contributed by atoms with van der Waals surface area (Å²) < 4.78 is 2.28. The van der Waals surface area contributed by atoms with Gasteiger partial charge in [-0.3, -0.25) is 0 Å². The number of aromatic nitrogens is 3. The number of hydrogen-bond donors (Lipinski definition) is 0. The van der Waals surface area contributed by atoms with Crippen molar-refractivity contribution in [3.05, 3.63) is 205 Å². The lowest BCUT2D eigenvalue weighted by molar-refractivity contribution is 0.623. The van der Waals surface area contributed by atoms with Crippen molar-refractivity contribution in [2.45, 2.75) is 18.8 Å². The largest absolute Gasteiger partial charge is 0.310 e. The van der Waals surface area contributed by atoms with Crippen molar-refractivity contribution < 1.29 is 0 Å². The SMILES string of the molecule is C=C/C=C\c1cc2ccccc2n1-c1ccc(-c2nc(-c3ccccc3)c3c(n2)C(C/C=C\C=C/C)(c2ccccc2)c2ccccc2-3)cc1. The molecule has 0 spiro atoms. The second-order valence-electron chi connectivity index (χ2n) is 12.6. The summed E-state index contributed by atoms with van der Waals surface area (Å²) in [7, 11) is 0. The van der Waals surface area contributed by atoms with Crippen molar-refractivity contribution in [1.29, 1.82) is 0 Å². The highest BCUT2D eigenvalue weighted by Gasteiger charge is 2.47. The topological polar surface area (TPSA) is 30.7 Å². The van der Waals surface area contributed by atoms with Crippen LogP contribution in [0.3, 0.4) is 0 Å². The van der Waals surface area contributed by atoms with Crippen molar-refractivity contribution in [1.82, 2.24) is 14.5 Å². The molecule has 0 saturated heterocycles. The summed E-state index contributed by atoms with van der Waals surface area (Å²) in [4.78, 5) is 10.9. The van der Waals surface area contributed by atoms with E-state index >= 15 is 0 Å². The predicted octanol–water partition coefficient (Wildman–Crippen LogP) is 11.8. The summed E-state index contributed by atoms with van der Waals surface area (Å²) in [5.41, 5.74) is 11.6. The smallest absolute Gasteiger partial charge is 0.160 e. The number of rotatable bonds is 9. The van der Waals surface area contributed by atoms with Gasteiger partial charge in [-0.15, -0.1) is 0 Å². The minimum Gasteiger partial charge on any atom is -0.310 e. The molecular formula is C47H37N3. The van der Waals surface area contributed by atoms with Crippen LogP contribution in [0.1, 0.15) is 35.9 Å². The number of para-hydroxylation sites is 1. The molecule has 7 aromatic rings. The zero-order chi connectivity index (χ0) is 33.9. The first-order valence-corrected chi connectivity index (χ1v) is 17.1. The molecule has 8 rings (SSSR count). The lowest BCUT2D eigenvalue weighted by Gasteiger charge is -2.31. The molecule has 3 heteroatoms. The van der Waals surface area contributed by atoms with Gasteiger partial charge in [-0.2, -0.15) is 0 Å². The molecule has 1 atom stereocenters. The Balaban J connectivity index is 1.36. The molecule has 2 aromatic heterocycles. The molecule has 5 aromatic carbocycles. The molecule has 0 amide bonds. The van der Waals surface area contributed by atoms with E-state index in [1.54, 1.807) is 0 Å². The van der Waals surface area contributed by atoms with Gasteiger partial charge in [0, 0.05) is 33.5 Å². The first-order valence-electron chi connectivity index (χ1n) is 17.1. The minimum absolute atomic E-state index is 0.497. The lowest BCUT2D eigenvalue weighted by Crippen LogP contribution is -2.28. The van der Waals surface area contributed by atoms with E-state index < -0.39 is 5.41 Å². The molecule has 240 valence electrons. The summed E-state index contributed by atoms with van der Waals surface area (Å²) in [5, 5.41) is 1.19. The Morgan fingerprint density at radius 1 is 0.700 bits per heavy atom. The molecule has 1 unspecified atom stereocenters. The summed E-state index contributed by atoms with van der Waals surface area (Å²) in [6, 6.07) is 49.5. The highest BCUT2D eigenvalue weighted by molar-refractivity contribution is 5.92. The first-order chi connectivity index (χ1) is 24.7. The Morgan fingerprint density at radius 3 is 2.20 bits per heavy atom. The summed E-state index contributed by atoms with van der Waals surface area (Å²) in [6.07, 6.45) is 15.2. The summed E-state index contributed by atoms with van der Waals surface area (Å²) in [6.45, 7) is 5.93. The number of fused-ring (bicyclic) bond motifs is 4. The monoisotopic (exact) mass is 643 g/mol. The van der Waals surface area contributed by atoms with Gasteiger partial charge in [0.25, 0.3) is 0 Å². The zero-order valence-electron chi connectivity index (χ0n) is 28.1. The fraction of sp³-hybridized carbons (Fsp3) is 0.0638. The van der Waals surface area contributed by atoms with E-state index in [2.05, 4.69) is 181 Å². The lowest BCUT2D eigenvalue weighted by atomic mass is 9.72. The quantitative estimate of drug-likeness (QED) is 0.147. The fourth-order valence-electron chi connectivity index (χ4n) is 7.45. The molecule has 50 heavy (non-hydrogen) atoms. The molecule has 0 saturated carbocycles. The molecule has 3 nitrogen and oxygen atoms in total. The van der Waals surface area contributed by atoms with Crippen LogP contribution in [0.25, 0.3) is 56.4 Å². The maximum absolute atomic E-state index is 5.56. The molecule has 0 fully saturated rings. The first kappa shape index (κ1) is 31.0. The summed E-state index contributed by atoms with van der Waals surface area (Å²) in [5.74, 6) is 0.712. The van der Waals surface area contributed by atoms with Crippen molar-refractivity contribution in [2.75, 3.05) is 0 Å². The fourth-order valence-corrected chi connectivity index (χ4v) is 7.45. The number of benzene rings is 5. The standard InChI is InChI=1S/C47H37N3/c1-3-5-7-18-32-47(37-22-12-9-13-23-37)41-26-16-15-25-40(41)43-44(34-19-10-8-11-20-34)48-46(49-45(43)47)35-28-30-38(31-29-35)50-39(24-6-4-2)33-36-21-14-17-27-42(36)50/h3-31,33H,2,32H2,1H3/b5-3-,18-7-,24-6-. The Hall–Kier alpha value is -6.32. The Bertz CT molecular complexity index is 2410. The molecule has 0 radical (unpaired) electrons. The third-order valence-corrected chi connectivity index (χ3v) is 9.67. The average Bonchev–Trinajstić information content (AvgIpc) is 3.69. The molecule has 1 aliphatic rings. The molecule has 0 N–H and O–H groups in total. The van der Waals surface area contributed by atoms with E-state index in [4.69, 9.17) is 9.97 Å². The van der Waals surface area contributed by atoms with Crippen molar-refractivity contribution in [3.63, 3.8) is 0 Å². The van der Waals surface area contributed by atoms with E-state index in [0.29, 0.717) is 5.82 Å². The highest BCUT2D eigenvalue weighted by atomic mass is 15.0. The molecule has 0 aliphatic heterocycles. The molecular weight excluding hydrogens is 607 g/mol. The molecule has 1 aliphatic carbocycles. The van der Waals surface area contributed by atoms with Crippen LogP contribution in [0.15, 0.2) is 183 Å². The van der Waals surface area contributed by atoms with Crippen LogP contribution in [0.5, 0.6) is 0 Å². The zero-order valence-corrected chi connectivity index (χ0v) is 28.1. The second-order valence-corrected chi connectivity index (χ2v) is 12.6. The van der Waals surface area contributed by atoms with Crippen molar-refractivity contribution in [3.8, 4) is 39.5 Å². The van der Waals surface area contributed by atoms with Gasteiger partial charge in [0.15, 0.2) is 5.82 Å². The second kappa shape index (κ2) is 13.3. The van der Waals surface area contributed by atoms with Crippen LogP contribution >= 0.6 is 0 Å². The number of allylic oxidation sites excluding steroid dienone is 6.